The van der Waals surface area contributed by atoms with Crippen LogP contribution in [0.2, 0.25) is 0 Å². The summed E-state index contributed by atoms with van der Waals surface area (Å²) in [6.07, 6.45) is 6.28. The van der Waals surface area contributed by atoms with Crippen LogP contribution in [0, 0.1) is 0 Å². The van der Waals surface area contributed by atoms with Gasteiger partial charge in [0, 0.05) is 0 Å². The van der Waals surface area contributed by atoms with Gasteiger partial charge < -0.3 is 9.84 Å². The van der Waals surface area contributed by atoms with Gasteiger partial charge in [0.05, 0.1) is 0 Å². The number of rotatable bonds is 8. The van der Waals surface area contributed by atoms with Gasteiger partial charge in [0.25, 0.3) is 0 Å². The highest BCUT2D eigenvalue weighted by molar-refractivity contribution is 5.91. The molecule has 3 nitrogen and oxygen atoms in total. The number of aliphatic hydroxyl groups excluding tert-OH is 1. The van der Waals surface area contributed by atoms with Gasteiger partial charge in [0.1, 0.15) is 6.10 Å². The molecule has 110 valence electrons. The minimum Gasteiger partial charge on any atom is -0.502 e. The van der Waals surface area contributed by atoms with Gasteiger partial charge in [-0.25, -0.2) is 4.79 Å². The second-order valence-electron chi connectivity index (χ2n) is 4.87. The predicted molar refractivity (Wildman–Crippen MR) is 81.4 cm³/mol. The summed E-state index contributed by atoms with van der Waals surface area (Å²) in [7, 11) is 0. The van der Waals surface area contributed by atoms with Crippen LogP contribution in [-0.4, -0.2) is 17.2 Å². The standard InChI is InChI=1S/C17H24O3/c1-3-5-7-12-15(4-2)20-17(19)16(18)13-14-10-8-6-9-11-14/h6,8-11,13,15,18H,3-5,7,12H2,1-2H3. The van der Waals surface area contributed by atoms with E-state index < -0.39 is 5.97 Å². The zero-order valence-electron chi connectivity index (χ0n) is 12.3. The Hall–Kier alpha value is -1.77. The maximum Gasteiger partial charge on any atom is 0.373 e. The molecule has 0 saturated heterocycles. The lowest BCUT2D eigenvalue weighted by Crippen LogP contribution is -2.18. The number of esters is 1. The van der Waals surface area contributed by atoms with Crippen LogP contribution in [0.4, 0.5) is 0 Å². The highest BCUT2D eigenvalue weighted by atomic mass is 16.6. The second-order valence-corrected chi connectivity index (χ2v) is 4.87. The molecular formula is C17H24O3. The number of unbranched alkanes of at least 4 members (excludes halogenated alkanes) is 2. The summed E-state index contributed by atoms with van der Waals surface area (Å²) >= 11 is 0. The summed E-state index contributed by atoms with van der Waals surface area (Å²) in [5, 5.41) is 9.77. The lowest BCUT2D eigenvalue weighted by atomic mass is 10.1. The molecule has 0 aliphatic heterocycles. The minimum absolute atomic E-state index is 0.111. The SMILES string of the molecule is CCCCCC(CC)OC(=O)C(O)=Cc1ccccc1. The third-order valence-electron chi connectivity index (χ3n) is 3.17. The number of hydrogen-bond acceptors (Lipinski definition) is 3. The van der Waals surface area contributed by atoms with Crippen molar-refractivity contribution >= 4 is 12.0 Å². The van der Waals surface area contributed by atoms with Crippen LogP contribution in [0.1, 0.15) is 51.5 Å². The Kier molecular flexibility index (Phi) is 7.48. The first-order valence-electron chi connectivity index (χ1n) is 7.34. The molecule has 1 N–H and O–H groups in total. The van der Waals surface area contributed by atoms with Crippen LogP contribution in [-0.2, 0) is 9.53 Å². The van der Waals surface area contributed by atoms with Crippen LogP contribution in [0.5, 0.6) is 0 Å². The van der Waals surface area contributed by atoms with Crippen molar-refractivity contribution in [3.8, 4) is 0 Å². The van der Waals surface area contributed by atoms with E-state index in [0.29, 0.717) is 0 Å². The van der Waals surface area contributed by atoms with Crippen LogP contribution < -0.4 is 0 Å². The molecule has 0 aromatic heterocycles. The van der Waals surface area contributed by atoms with E-state index in [1.54, 1.807) is 0 Å². The van der Waals surface area contributed by atoms with E-state index >= 15 is 0 Å². The van der Waals surface area contributed by atoms with Crippen LogP contribution >= 0.6 is 0 Å². The number of aliphatic hydroxyl groups is 1. The summed E-state index contributed by atoms with van der Waals surface area (Å²) in [5.74, 6) is -0.984. The molecule has 1 unspecified atom stereocenters. The summed E-state index contributed by atoms with van der Waals surface area (Å²) in [5.41, 5.74) is 0.779. The smallest absolute Gasteiger partial charge is 0.373 e. The van der Waals surface area contributed by atoms with Crippen molar-refractivity contribution in [1.82, 2.24) is 0 Å². The Morgan fingerprint density at radius 2 is 1.95 bits per heavy atom. The fourth-order valence-corrected chi connectivity index (χ4v) is 1.95. The van der Waals surface area contributed by atoms with Crippen molar-refractivity contribution in [3.63, 3.8) is 0 Å². The van der Waals surface area contributed by atoms with Crippen LogP contribution in [0.3, 0.4) is 0 Å². The molecule has 1 rings (SSSR count). The van der Waals surface area contributed by atoms with Gasteiger partial charge in [0.15, 0.2) is 0 Å². The van der Waals surface area contributed by atoms with Gasteiger partial charge in [0.2, 0.25) is 5.76 Å². The van der Waals surface area contributed by atoms with Crippen LogP contribution in [0.15, 0.2) is 36.1 Å². The highest BCUT2D eigenvalue weighted by Gasteiger charge is 2.15. The van der Waals surface area contributed by atoms with E-state index in [0.717, 1.165) is 37.7 Å². The number of carbonyl (C=O) groups is 1. The summed E-state index contributed by atoms with van der Waals surface area (Å²) in [4.78, 5) is 11.8. The maximum absolute atomic E-state index is 11.8. The molecule has 0 radical (unpaired) electrons. The number of benzene rings is 1. The number of hydrogen-bond donors (Lipinski definition) is 1. The molecular weight excluding hydrogens is 252 g/mol. The van der Waals surface area contributed by atoms with E-state index in [1.165, 1.54) is 6.08 Å². The molecule has 3 heteroatoms. The molecule has 1 aromatic rings. The molecule has 0 aliphatic carbocycles. The maximum atomic E-state index is 11.8. The average Bonchev–Trinajstić information content (AvgIpc) is 2.47. The summed E-state index contributed by atoms with van der Waals surface area (Å²) in [6.45, 7) is 4.13. The second kappa shape index (κ2) is 9.18. The first-order valence-corrected chi connectivity index (χ1v) is 7.34. The van der Waals surface area contributed by atoms with E-state index in [1.807, 2.05) is 37.3 Å². The van der Waals surface area contributed by atoms with Gasteiger partial charge in [-0.05, 0) is 30.9 Å². The van der Waals surface area contributed by atoms with Gasteiger partial charge in [-0.15, -0.1) is 0 Å². The molecule has 0 spiro atoms. The van der Waals surface area contributed by atoms with Gasteiger partial charge in [-0.3, -0.25) is 0 Å². The first-order chi connectivity index (χ1) is 9.67. The largest absolute Gasteiger partial charge is 0.502 e. The quantitative estimate of drug-likeness (QED) is 0.329. The Morgan fingerprint density at radius 1 is 1.25 bits per heavy atom. The Balaban J connectivity index is 2.53. The van der Waals surface area contributed by atoms with Crippen molar-refractivity contribution < 1.29 is 14.6 Å². The lowest BCUT2D eigenvalue weighted by Gasteiger charge is -2.15. The fourth-order valence-electron chi connectivity index (χ4n) is 1.95. The summed E-state index contributed by atoms with van der Waals surface area (Å²) < 4.78 is 5.32. The number of ether oxygens (including phenoxy) is 1. The minimum atomic E-state index is -0.641. The molecule has 0 fully saturated rings. The molecule has 0 aliphatic rings. The van der Waals surface area contributed by atoms with Gasteiger partial charge >= 0.3 is 5.97 Å². The van der Waals surface area contributed by atoms with E-state index in [4.69, 9.17) is 4.74 Å². The molecule has 1 atom stereocenters. The Morgan fingerprint density at radius 3 is 2.55 bits per heavy atom. The zero-order chi connectivity index (χ0) is 14.8. The van der Waals surface area contributed by atoms with E-state index in [9.17, 15) is 9.90 Å². The van der Waals surface area contributed by atoms with Crippen molar-refractivity contribution in [2.24, 2.45) is 0 Å². The monoisotopic (exact) mass is 276 g/mol. The highest BCUT2D eigenvalue weighted by Crippen LogP contribution is 2.13. The van der Waals surface area contributed by atoms with Crippen molar-refractivity contribution in [2.45, 2.75) is 52.1 Å². The summed E-state index contributed by atoms with van der Waals surface area (Å²) in [6, 6.07) is 9.23. The third-order valence-corrected chi connectivity index (χ3v) is 3.17. The topological polar surface area (TPSA) is 46.5 Å². The molecule has 0 bridgehead atoms. The van der Waals surface area contributed by atoms with Crippen LogP contribution in [0.25, 0.3) is 6.08 Å². The Bertz CT molecular complexity index is 423. The predicted octanol–water partition coefficient (Wildman–Crippen LogP) is 4.49. The van der Waals surface area contributed by atoms with Crippen molar-refractivity contribution in [1.29, 1.82) is 0 Å². The Labute approximate surface area is 121 Å². The number of carbonyl (C=O) groups excluding carboxylic acids is 1. The first kappa shape index (κ1) is 16.3. The molecule has 20 heavy (non-hydrogen) atoms. The zero-order valence-corrected chi connectivity index (χ0v) is 12.3. The molecule has 0 heterocycles. The third kappa shape index (κ3) is 5.91. The van der Waals surface area contributed by atoms with Gasteiger partial charge in [-0.1, -0.05) is 57.0 Å². The van der Waals surface area contributed by atoms with Gasteiger partial charge in [-0.2, -0.15) is 0 Å². The van der Waals surface area contributed by atoms with E-state index in [2.05, 4.69) is 6.92 Å². The average molecular weight is 276 g/mol. The van der Waals surface area contributed by atoms with E-state index in [-0.39, 0.29) is 11.9 Å². The van der Waals surface area contributed by atoms with Crippen molar-refractivity contribution in [3.05, 3.63) is 41.7 Å². The molecule has 0 saturated carbocycles. The fraction of sp³-hybridized carbons (Fsp3) is 0.471. The molecule has 0 amide bonds. The normalized spacial score (nSPS) is 13.0. The van der Waals surface area contributed by atoms with Crippen molar-refractivity contribution in [2.75, 3.05) is 0 Å². The molecule has 1 aromatic carbocycles. The lowest BCUT2D eigenvalue weighted by molar-refractivity contribution is -0.147.